The minimum atomic E-state index is -0.127. The molecule has 0 aliphatic heterocycles. The predicted molar refractivity (Wildman–Crippen MR) is 85.4 cm³/mol. The van der Waals surface area contributed by atoms with Crippen molar-refractivity contribution in [2.45, 2.75) is 25.7 Å². The number of hydrogen-bond acceptors (Lipinski definition) is 3. The van der Waals surface area contributed by atoms with Gasteiger partial charge in [0.25, 0.3) is 0 Å². The first-order chi connectivity index (χ1) is 10.6. The Morgan fingerprint density at radius 3 is 2.73 bits per heavy atom. The molecule has 0 saturated carbocycles. The van der Waals surface area contributed by atoms with Gasteiger partial charge >= 0.3 is 0 Å². The monoisotopic (exact) mass is 294 g/mol. The Bertz CT molecular complexity index is 731. The Morgan fingerprint density at radius 2 is 1.95 bits per heavy atom. The summed E-state index contributed by atoms with van der Waals surface area (Å²) in [6, 6.07) is 15.5. The van der Waals surface area contributed by atoms with Crippen LogP contribution in [0.1, 0.15) is 29.9 Å². The Balaban J connectivity index is 1.86. The van der Waals surface area contributed by atoms with Crippen LogP contribution in [0.4, 0.5) is 0 Å². The zero-order valence-corrected chi connectivity index (χ0v) is 12.5. The molecule has 1 atom stereocenters. The first-order valence-corrected chi connectivity index (χ1v) is 7.40. The number of ether oxygens (including phenoxy) is 1. The molecule has 2 aromatic rings. The molecule has 1 N–H and O–H groups in total. The molecular weight excluding hydrogens is 276 g/mol. The second-order valence-electron chi connectivity index (χ2n) is 5.57. The third kappa shape index (κ3) is 3.03. The normalized spacial score (nSPS) is 18.0. The molecule has 22 heavy (non-hydrogen) atoms. The smallest absolute Gasteiger partial charge is 0.159 e. The zero-order chi connectivity index (χ0) is 15.5. The third-order valence-electron chi connectivity index (χ3n) is 3.93. The van der Waals surface area contributed by atoms with Gasteiger partial charge in [-0.15, -0.1) is 0 Å². The van der Waals surface area contributed by atoms with Crippen LogP contribution in [-0.2, 0) is 4.79 Å². The van der Waals surface area contributed by atoms with Crippen LogP contribution in [0.25, 0.3) is 0 Å². The van der Waals surface area contributed by atoms with E-state index < -0.39 is 0 Å². The van der Waals surface area contributed by atoms with E-state index >= 15 is 0 Å². The summed E-state index contributed by atoms with van der Waals surface area (Å²) in [4.78, 5) is 11.3. The fraction of sp³-hybridized carbons (Fsp3) is 0.211. The molecule has 1 aliphatic carbocycles. The Labute approximate surface area is 129 Å². The molecule has 112 valence electrons. The van der Waals surface area contributed by atoms with Crippen molar-refractivity contribution in [3.63, 3.8) is 0 Å². The van der Waals surface area contributed by atoms with Gasteiger partial charge in [0.2, 0.25) is 0 Å². The first-order valence-electron chi connectivity index (χ1n) is 7.40. The van der Waals surface area contributed by atoms with Crippen LogP contribution in [0.5, 0.6) is 11.5 Å². The number of carbonyl (C=O) groups excluding carboxylic acids is 1. The Hall–Kier alpha value is -2.55. The number of rotatable bonds is 3. The molecule has 2 aromatic carbocycles. The number of allylic oxidation sites excluding steroid dienone is 2. The molecule has 0 saturated heterocycles. The molecule has 0 aromatic heterocycles. The zero-order valence-electron chi connectivity index (χ0n) is 12.5. The van der Waals surface area contributed by atoms with E-state index in [0.717, 1.165) is 22.6 Å². The van der Waals surface area contributed by atoms with Crippen LogP contribution in [0, 0.1) is 6.92 Å². The van der Waals surface area contributed by atoms with Crippen molar-refractivity contribution < 1.29 is 14.6 Å². The lowest BCUT2D eigenvalue weighted by atomic mass is 9.87. The van der Waals surface area contributed by atoms with Gasteiger partial charge in [0, 0.05) is 18.4 Å². The SMILES string of the molecule is Cc1ccccc1Oc1cccc(C2CCC(=O)C=C2O)c1. The van der Waals surface area contributed by atoms with Crippen LogP contribution in [0.15, 0.2) is 60.4 Å². The Kier molecular flexibility index (Phi) is 3.96. The van der Waals surface area contributed by atoms with Crippen LogP contribution < -0.4 is 4.74 Å². The number of ketones is 1. The summed E-state index contributed by atoms with van der Waals surface area (Å²) in [5.41, 5.74) is 2.03. The molecule has 0 radical (unpaired) electrons. The molecule has 3 nitrogen and oxygen atoms in total. The largest absolute Gasteiger partial charge is 0.512 e. The number of aliphatic hydroxyl groups excluding tert-OH is 1. The summed E-state index contributed by atoms with van der Waals surface area (Å²) >= 11 is 0. The summed E-state index contributed by atoms with van der Waals surface area (Å²) in [7, 11) is 0. The first kappa shape index (κ1) is 14.4. The maximum Gasteiger partial charge on any atom is 0.159 e. The van der Waals surface area contributed by atoms with Gasteiger partial charge in [0.15, 0.2) is 5.78 Å². The molecule has 0 spiro atoms. The molecule has 1 unspecified atom stereocenters. The van der Waals surface area contributed by atoms with E-state index in [0.29, 0.717) is 12.8 Å². The second kappa shape index (κ2) is 6.06. The highest BCUT2D eigenvalue weighted by Crippen LogP contribution is 2.34. The van der Waals surface area contributed by atoms with Crippen LogP contribution >= 0.6 is 0 Å². The highest BCUT2D eigenvalue weighted by atomic mass is 16.5. The molecule has 3 rings (SSSR count). The van der Waals surface area contributed by atoms with Crippen molar-refractivity contribution in [2.24, 2.45) is 0 Å². The van der Waals surface area contributed by atoms with E-state index in [2.05, 4.69) is 0 Å². The van der Waals surface area contributed by atoms with E-state index in [1.54, 1.807) is 0 Å². The average Bonchev–Trinajstić information content (AvgIpc) is 2.50. The van der Waals surface area contributed by atoms with E-state index in [9.17, 15) is 9.90 Å². The minimum Gasteiger partial charge on any atom is -0.512 e. The number of carbonyl (C=O) groups is 1. The minimum absolute atomic E-state index is 0.0129. The van der Waals surface area contributed by atoms with E-state index in [1.165, 1.54) is 6.08 Å². The molecule has 1 aliphatic rings. The average molecular weight is 294 g/mol. The van der Waals surface area contributed by atoms with Crippen molar-refractivity contribution in [1.29, 1.82) is 0 Å². The lowest BCUT2D eigenvalue weighted by Gasteiger charge is -2.20. The summed E-state index contributed by atoms with van der Waals surface area (Å²) in [6.07, 6.45) is 2.44. The van der Waals surface area contributed by atoms with Crippen molar-refractivity contribution >= 4 is 5.78 Å². The fourth-order valence-electron chi connectivity index (χ4n) is 2.70. The van der Waals surface area contributed by atoms with E-state index in [4.69, 9.17) is 4.74 Å². The second-order valence-corrected chi connectivity index (χ2v) is 5.57. The van der Waals surface area contributed by atoms with Gasteiger partial charge in [-0.2, -0.15) is 0 Å². The van der Waals surface area contributed by atoms with Gasteiger partial charge in [-0.05, 0) is 42.7 Å². The van der Waals surface area contributed by atoms with Gasteiger partial charge in [0.1, 0.15) is 17.3 Å². The number of aliphatic hydroxyl groups is 1. The molecule has 0 bridgehead atoms. The van der Waals surface area contributed by atoms with E-state index in [1.807, 2.05) is 55.5 Å². The number of para-hydroxylation sites is 1. The summed E-state index contributed by atoms with van der Waals surface area (Å²) in [5.74, 6) is 1.55. The van der Waals surface area contributed by atoms with Crippen molar-refractivity contribution in [2.75, 3.05) is 0 Å². The lowest BCUT2D eigenvalue weighted by Crippen LogP contribution is -2.12. The predicted octanol–water partition coefficient (Wildman–Crippen LogP) is 4.68. The number of hydrogen-bond donors (Lipinski definition) is 1. The number of benzene rings is 2. The van der Waals surface area contributed by atoms with Gasteiger partial charge in [0.05, 0.1) is 0 Å². The van der Waals surface area contributed by atoms with Gasteiger partial charge in [-0.3, -0.25) is 4.79 Å². The number of aryl methyl sites for hydroxylation is 1. The van der Waals surface area contributed by atoms with Gasteiger partial charge in [-0.1, -0.05) is 30.3 Å². The van der Waals surface area contributed by atoms with Crippen molar-refractivity contribution in [1.82, 2.24) is 0 Å². The van der Waals surface area contributed by atoms with Crippen molar-refractivity contribution in [3.05, 3.63) is 71.5 Å². The molecular formula is C19H18O3. The van der Waals surface area contributed by atoms with Crippen LogP contribution in [0.2, 0.25) is 0 Å². The molecule has 0 fully saturated rings. The summed E-state index contributed by atoms with van der Waals surface area (Å²) in [5, 5.41) is 10.0. The quantitative estimate of drug-likeness (QED) is 0.894. The standard InChI is InChI=1S/C19H18O3/c1-13-5-2-3-8-19(13)22-16-7-4-6-14(11-16)17-10-9-15(20)12-18(17)21/h2-8,11-12,17,21H,9-10H2,1H3. The van der Waals surface area contributed by atoms with Crippen LogP contribution in [0.3, 0.4) is 0 Å². The Morgan fingerprint density at radius 1 is 1.14 bits per heavy atom. The molecule has 3 heteroatoms. The fourth-order valence-corrected chi connectivity index (χ4v) is 2.70. The highest BCUT2D eigenvalue weighted by molar-refractivity contribution is 5.91. The van der Waals surface area contributed by atoms with E-state index in [-0.39, 0.29) is 17.5 Å². The summed E-state index contributed by atoms with van der Waals surface area (Å²) in [6.45, 7) is 2.00. The maximum atomic E-state index is 11.3. The topological polar surface area (TPSA) is 46.5 Å². The maximum absolute atomic E-state index is 11.3. The molecule has 0 heterocycles. The van der Waals surface area contributed by atoms with Crippen molar-refractivity contribution in [3.8, 4) is 11.5 Å². The lowest BCUT2D eigenvalue weighted by molar-refractivity contribution is -0.115. The summed E-state index contributed by atoms with van der Waals surface area (Å²) < 4.78 is 5.93. The van der Waals surface area contributed by atoms with Gasteiger partial charge < -0.3 is 9.84 Å². The van der Waals surface area contributed by atoms with Crippen LogP contribution in [-0.4, -0.2) is 10.9 Å². The third-order valence-corrected chi connectivity index (χ3v) is 3.93. The molecule has 0 amide bonds. The highest BCUT2D eigenvalue weighted by Gasteiger charge is 2.23. The van der Waals surface area contributed by atoms with Gasteiger partial charge in [-0.25, -0.2) is 0 Å².